The summed E-state index contributed by atoms with van der Waals surface area (Å²) in [6.07, 6.45) is 2.99. The van der Waals surface area contributed by atoms with Crippen LogP contribution in [0.3, 0.4) is 0 Å². The van der Waals surface area contributed by atoms with E-state index < -0.39 is 23.5 Å². The summed E-state index contributed by atoms with van der Waals surface area (Å²) in [5, 5.41) is 27.8. The molecule has 7 nitrogen and oxygen atoms in total. The van der Waals surface area contributed by atoms with Crippen LogP contribution >= 0.6 is 11.3 Å². The van der Waals surface area contributed by atoms with Crippen LogP contribution in [0.5, 0.6) is 0 Å². The van der Waals surface area contributed by atoms with Crippen LogP contribution in [-0.2, 0) is 14.3 Å². The number of thiazole rings is 1. The highest BCUT2D eigenvalue weighted by Gasteiger charge is 2.52. The molecule has 2 saturated heterocycles. The van der Waals surface area contributed by atoms with E-state index in [4.69, 9.17) is 4.74 Å². The van der Waals surface area contributed by atoms with Crippen molar-refractivity contribution < 1.29 is 24.5 Å². The molecular weight excluding hydrogens is 464 g/mol. The molecule has 2 fully saturated rings. The first kappa shape index (κ1) is 28.0. The van der Waals surface area contributed by atoms with Crippen LogP contribution in [0.1, 0.15) is 84.3 Å². The highest BCUT2D eigenvalue weighted by molar-refractivity contribution is 7.09. The second-order valence-electron chi connectivity index (χ2n) is 11.4. The molecule has 7 atom stereocenters. The minimum atomic E-state index is -1.17. The summed E-state index contributed by atoms with van der Waals surface area (Å²) >= 11 is 1.58. The number of carbonyl (C=O) groups is 2. The fraction of sp³-hybridized carbons (Fsp3) is 0.741. The number of ether oxygens (including phenoxy) is 1. The Labute approximate surface area is 213 Å². The van der Waals surface area contributed by atoms with E-state index in [1.165, 1.54) is 0 Å². The van der Waals surface area contributed by atoms with E-state index in [1.54, 1.807) is 32.1 Å². The fourth-order valence-corrected chi connectivity index (χ4v) is 5.76. The van der Waals surface area contributed by atoms with Gasteiger partial charge in [-0.05, 0) is 51.2 Å². The summed E-state index contributed by atoms with van der Waals surface area (Å²) in [6.45, 7) is 13.0. The summed E-state index contributed by atoms with van der Waals surface area (Å²) in [5.74, 6) is -1.24. The van der Waals surface area contributed by atoms with Crippen molar-refractivity contribution in [1.82, 2.24) is 10.3 Å². The molecule has 0 unspecified atom stereocenters. The second kappa shape index (κ2) is 10.8. The van der Waals surface area contributed by atoms with E-state index in [0.717, 1.165) is 35.5 Å². The van der Waals surface area contributed by atoms with Gasteiger partial charge in [0.2, 0.25) is 5.91 Å². The van der Waals surface area contributed by atoms with Crippen LogP contribution in [0.15, 0.2) is 11.0 Å². The van der Waals surface area contributed by atoms with Gasteiger partial charge in [-0.15, -0.1) is 11.3 Å². The Bertz CT molecular complexity index is 957. The van der Waals surface area contributed by atoms with E-state index in [9.17, 15) is 19.8 Å². The molecule has 196 valence electrons. The number of aryl methyl sites for hydroxylation is 1. The number of fused-ring (bicyclic) bond motifs is 1. The zero-order valence-corrected chi connectivity index (χ0v) is 22.9. The van der Waals surface area contributed by atoms with Gasteiger partial charge in [0.05, 0.1) is 52.5 Å². The van der Waals surface area contributed by atoms with Crippen molar-refractivity contribution in [1.29, 1.82) is 0 Å². The molecule has 0 aromatic carbocycles. The Morgan fingerprint density at radius 1 is 1.26 bits per heavy atom. The molecule has 3 N–H and O–H groups in total. The Kier molecular flexibility index (Phi) is 8.62. The normalized spacial score (nSPS) is 37.5. The molecule has 0 saturated carbocycles. The number of aromatic nitrogens is 1. The number of rotatable bonds is 2. The van der Waals surface area contributed by atoms with Crippen LogP contribution in [0, 0.1) is 24.2 Å². The first-order valence-electron chi connectivity index (χ1n) is 12.7. The topological polar surface area (TPSA) is 112 Å². The van der Waals surface area contributed by atoms with Gasteiger partial charge in [0.1, 0.15) is 5.78 Å². The predicted octanol–water partition coefficient (Wildman–Crippen LogP) is 4.05. The summed E-state index contributed by atoms with van der Waals surface area (Å²) in [7, 11) is 0. The molecule has 8 heteroatoms. The minimum Gasteiger partial charge on any atom is -0.392 e. The van der Waals surface area contributed by atoms with Crippen molar-refractivity contribution in [3.63, 3.8) is 0 Å². The summed E-state index contributed by atoms with van der Waals surface area (Å²) in [6, 6.07) is -0.269. The highest BCUT2D eigenvalue weighted by Crippen LogP contribution is 2.44. The smallest absolute Gasteiger partial charge is 0.223 e. The second-order valence-corrected chi connectivity index (χ2v) is 12.5. The predicted molar refractivity (Wildman–Crippen MR) is 138 cm³/mol. The molecule has 35 heavy (non-hydrogen) atoms. The van der Waals surface area contributed by atoms with Gasteiger partial charge in [-0.25, -0.2) is 4.98 Å². The number of aliphatic hydroxyl groups excluding tert-OH is 2. The molecule has 0 spiro atoms. The molecule has 1 amide bonds. The lowest BCUT2D eigenvalue weighted by Crippen LogP contribution is -2.47. The van der Waals surface area contributed by atoms with Gasteiger partial charge in [0.15, 0.2) is 0 Å². The third-order valence-corrected chi connectivity index (χ3v) is 8.86. The Morgan fingerprint density at radius 2 is 1.94 bits per heavy atom. The van der Waals surface area contributed by atoms with Crippen LogP contribution in [0.4, 0.5) is 0 Å². The average Bonchev–Trinajstić information content (AvgIpc) is 3.22. The van der Waals surface area contributed by atoms with E-state index in [1.807, 2.05) is 32.2 Å². The molecule has 3 rings (SSSR count). The number of Topliss-reactive ketones (excluding diaryl/α,β-unsaturated/α-hetero) is 1. The maximum absolute atomic E-state index is 13.2. The molecule has 1 aromatic rings. The Hall–Kier alpha value is -1.61. The van der Waals surface area contributed by atoms with Crippen LogP contribution < -0.4 is 5.32 Å². The largest absolute Gasteiger partial charge is 0.392 e. The van der Waals surface area contributed by atoms with Gasteiger partial charge in [-0.1, -0.05) is 34.1 Å². The highest BCUT2D eigenvalue weighted by atomic mass is 32.1. The fourth-order valence-electron chi connectivity index (χ4n) is 5.19. The monoisotopic (exact) mass is 506 g/mol. The Balaban J connectivity index is 1.85. The zero-order chi connectivity index (χ0) is 26.1. The van der Waals surface area contributed by atoms with Crippen LogP contribution in [-0.4, -0.2) is 56.8 Å². The molecular formula is C27H42N2O5S. The molecule has 1 aromatic heterocycles. The number of nitrogens with zero attached hydrogens (tertiary/aromatic N) is 1. The number of ketones is 1. The standard InChI is InChI=1S/C27H42N2O5S/c1-15-9-8-10-27(7)22(34-27)12-20(16(2)11-19-14-35-18(4)28-19)29-23(31)13-21(30)26(5,6)25(33)17(3)24(15)32/h11,14-15,17,20-22,24,30,32H,8-10,12-13H2,1-7H3,(H,29,31)/t15-,17+,20-,21-,22-,24+,27+/m0/s1. The first-order valence-corrected chi connectivity index (χ1v) is 13.6. The first-order chi connectivity index (χ1) is 16.2. The Morgan fingerprint density at radius 3 is 2.57 bits per heavy atom. The van der Waals surface area contributed by atoms with Gasteiger partial charge in [-0.2, -0.15) is 0 Å². The zero-order valence-electron chi connectivity index (χ0n) is 22.1. The number of aliphatic hydroxyl groups is 2. The molecule has 3 heterocycles. The van der Waals surface area contributed by atoms with Gasteiger partial charge in [0.25, 0.3) is 0 Å². The van der Waals surface area contributed by atoms with Gasteiger partial charge >= 0.3 is 0 Å². The van der Waals surface area contributed by atoms with Crippen molar-refractivity contribution in [2.75, 3.05) is 0 Å². The van der Waals surface area contributed by atoms with Crippen molar-refractivity contribution >= 4 is 29.1 Å². The minimum absolute atomic E-state index is 0.0170. The lowest BCUT2D eigenvalue weighted by Gasteiger charge is -2.34. The molecule has 2 aliphatic rings. The number of epoxide rings is 1. The van der Waals surface area contributed by atoms with E-state index in [2.05, 4.69) is 17.2 Å². The van der Waals surface area contributed by atoms with Crippen LogP contribution in [0.2, 0.25) is 0 Å². The van der Waals surface area contributed by atoms with Crippen LogP contribution in [0.25, 0.3) is 6.08 Å². The maximum atomic E-state index is 13.2. The van der Waals surface area contributed by atoms with E-state index in [0.29, 0.717) is 6.42 Å². The number of carbonyl (C=O) groups excluding carboxylic acids is 2. The molecule has 0 bridgehead atoms. The molecule has 2 aliphatic heterocycles. The van der Waals surface area contributed by atoms with E-state index in [-0.39, 0.29) is 41.8 Å². The van der Waals surface area contributed by atoms with Gasteiger partial charge < -0.3 is 20.3 Å². The summed E-state index contributed by atoms with van der Waals surface area (Å²) in [4.78, 5) is 30.8. The van der Waals surface area contributed by atoms with Crippen molar-refractivity contribution in [2.45, 2.75) is 111 Å². The van der Waals surface area contributed by atoms with Gasteiger partial charge in [-0.3, -0.25) is 9.59 Å². The quantitative estimate of drug-likeness (QED) is 0.522. The van der Waals surface area contributed by atoms with Gasteiger partial charge in [0, 0.05) is 17.7 Å². The van der Waals surface area contributed by atoms with Crippen molar-refractivity contribution in [3.8, 4) is 0 Å². The SMILES string of the molecule is CC(=Cc1csc(C)n1)[C@@H]1C[C@@H]2O[C@]2(C)CCC[C@H](C)[C@@H](O)[C@@H](C)C(=O)C(C)(C)[C@@H](O)CC(=O)N1. The van der Waals surface area contributed by atoms with Crippen molar-refractivity contribution in [3.05, 3.63) is 21.7 Å². The van der Waals surface area contributed by atoms with Crippen molar-refractivity contribution in [2.24, 2.45) is 17.3 Å². The number of hydrogen-bond acceptors (Lipinski definition) is 7. The average molecular weight is 507 g/mol. The third kappa shape index (κ3) is 6.59. The van der Waals surface area contributed by atoms with E-state index >= 15 is 0 Å². The number of nitrogens with one attached hydrogen (secondary N) is 1. The summed E-state index contributed by atoms with van der Waals surface area (Å²) in [5.41, 5.74) is 0.410. The lowest BCUT2D eigenvalue weighted by atomic mass is 9.72. The number of amides is 1. The number of hydrogen-bond donors (Lipinski definition) is 3. The maximum Gasteiger partial charge on any atom is 0.223 e. The molecule has 0 radical (unpaired) electrons. The lowest BCUT2D eigenvalue weighted by molar-refractivity contribution is -0.143. The molecule has 0 aliphatic carbocycles. The third-order valence-electron chi connectivity index (χ3n) is 8.07. The summed E-state index contributed by atoms with van der Waals surface area (Å²) < 4.78 is 6.10.